The molecule has 0 aliphatic rings. The predicted octanol–water partition coefficient (Wildman–Crippen LogP) is -1.89. The quantitative estimate of drug-likeness (QED) is 0.496. The molecule has 0 amide bonds. The van der Waals surface area contributed by atoms with Gasteiger partial charge in [-0.2, -0.15) is 5.10 Å². The van der Waals surface area contributed by atoms with Crippen molar-refractivity contribution < 1.29 is 19.9 Å². The lowest BCUT2D eigenvalue weighted by Gasteiger charge is -2.02. The van der Waals surface area contributed by atoms with E-state index in [9.17, 15) is 4.79 Å². The Morgan fingerprint density at radius 1 is 1.47 bits per heavy atom. The van der Waals surface area contributed by atoms with Crippen LogP contribution < -0.4 is 5.46 Å². The van der Waals surface area contributed by atoms with Crippen molar-refractivity contribution in [3.8, 4) is 0 Å². The van der Waals surface area contributed by atoms with Crippen LogP contribution in [0.2, 0.25) is 0 Å². The lowest BCUT2D eigenvalue weighted by molar-refractivity contribution is 0.0698. The zero-order valence-corrected chi connectivity index (χ0v) is 7.40. The Morgan fingerprint density at radius 2 is 2.20 bits per heavy atom. The van der Waals surface area contributed by atoms with Gasteiger partial charge >= 0.3 is 13.1 Å². The molecule has 0 spiro atoms. The smallest absolute Gasteiger partial charge is 0.478 e. The van der Waals surface area contributed by atoms with Gasteiger partial charge < -0.3 is 15.2 Å². The van der Waals surface area contributed by atoms with E-state index in [2.05, 4.69) is 10.1 Å². The van der Waals surface area contributed by atoms with Gasteiger partial charge in [0.05, 0.1) is 0 Å². The number of carbonyl (C=O) groups is 1. The molecule has 0 radical (unpaired) electrons. The molecular formula is C7H6BN3O4. The highest BCUT2D eigenvalue weighted by Gasteiger charge is 2.18. The average Bonchev–Trinajstić information content (AvgIpc) is 2.62. The second-order valence-electron chi connectivity index (χ2n) is 2.89. The zero-order chi connectivity index (χ0) is 11.0. The molecule has 0 bridgehead atoms. The number of nitrogens with zero attached hydrogens (tertiary/aromatic N) is 3. The van der Waals surface area contributed by atoms with Gasteiger partial charge in [-0.25, -0.2) is 14.3 Å². The number of carboxylic acids is 1. The number of rotatable bonds is 2. The Kier molecular flexibility index (Phi) is 2.14. The van der Waals surface area contributed by atoms with Crippen LogP contribution in [-0.4, -0.2) is 42.8 Å². The summed E-state index contributed by atoms with van der Waals surface area (Å²) in [6.07, 6.45) is 2.49. The van der Waals surface area contributed by atoms with Crippen molar-refractivity contribution >= 4 is 24.2 Å². The van der Waals surface area contributed by atoms with Gasteiger partial charge in [0.15, 0.2) is 5.65 Å². The molecule has 76 valence electrons. The average molecular weight is 207 g/mol. The highest BCUT2D eigenvalue weighted by Crippen LogP contribution is 2.05. The standard InChI is InChI=1S/C7H6BN3O4/c12-7(13)5-1-4(8(14)15)2-11-6(5)9-3-10-11/h1-3,14-15H,(H,12,13). The molecule has 0 aliphatic carbocycles. The Balaban J connectivity index is 2.74. The summed E-state index contributed by atoms with van der Waals surface area (Å²) in [5.74, 6) is -1.20. The van der Waals surface area contributed by atoms with E-state index in [1.807, 2.05) is 0 Å². The van der Waals surface area contributed by atoms with Gasteiger partial charge in [-0.1, -0.05) is 0 Å². The topological polar surface area (TPSA) is 108 Å². The van der Waals surface area contributed by atoms with Gasteiger partial charge in [-0.15, -0.1) is 0 Å². The fourth-order valence-electron chi connectivity index (χ4n) is 1.25. The number of aromatic carboxylic acids is 1. The molecule has 8 heteroatoms. The summed E-state index contributed by atoms with van der Waals surface area (Å²) in [4.78, 5) is 14.6. The first-order valence-electron chi connectivity index (χ1n) is 4.02. The Morgan fingerprint density at radius 3 is 2.80 bits per heavy atom. The van der Waals surface area contributed by atoms with Crippen molar-refractivity contribution in [3.63, 3.8) is 0 Å². The van der Waals surface area contributed by atoms with E-state index in [0.29, 0.717) is 0 Å². The molecule has 0 aromatic carbocycles. The third-order valence-electron chi connectivity index (χ3n) is 1.92. The first-order valence-corrected chi connectivity index (χ1v) is 4.02. The van der Waals surface area contributed by atoms with Crippen LogP contribution in [0, 0.1) is 0 Å². The molecule has 2 aromatic heterocycles. The highest BCUT2D eigenvalue weighted by atomic mass is 16.4. The summed E-state index contributed by atoms with van der Waals surface area (Å²) in [7, 11) is -1.74. The van der Waals surface area contributed by atoms with Gasteiger partial charge in [-0.3, -0.25) is 0 Å². The normalized spacial score (nSPS) is 10.5. The summed E-state index contributed by atoms with van der Waals surface area (Å²) in [5.41, 5.74) is 0.0791. The van der Waals surface area contributed by atoms with Gasteiger partial charge in [0.2, 0.25) is 0 Å². The van der Waals surface area contributed by atoms with Gasteiger partial charge in [-0.05, 0) is 6.07 Å². The van der Waals surface area contributed by atoms with Crippen molar-refractivity contribution in [2.75, 3.05) is 0 Å². The highest BCUT2D eigenvalue weighted by molar-refractivity contribution is 6.58. The van der Waals surface area contributed by atoms with Gasteiger partial charge in [0.1, 0.15) is 11.9 Å². The number of aromatic nitrogens is 3. The second-order valence-corrected chi connectivity index (χ2v) is 2.89. The van der Waals surface area contributed by atoms with E-state index in [1.54, 1.807) is 0 Å². The molecule has 2 aromatic rings. The first-order chi connectivity index (χ1) is 7.09. The molecule has 3 N–H and O–H groups in total. The van der Waals surface area contributed by atoms with Crippen molar-refractivity contribution in [3.05, 3.63) is 24.2 Å². The van der Waals surface area contributed by atoms with E-state index >= 15 is 0 Å². The monoisotopic (exact) mass is 207 g/mol. The van der Waals surface area contributed by atoms with Crippen LogP contribution in [0.5, 0.6) is 0 Å². The van der Waals surface area contributed by atoms with Crippen molar-refractivity contribution in [1.29, 1.82) is 0 Å². The molecule has 2 rings (SSSR count). The van der Waals surface area contributed by atoms with Gasteiger partial charge in [0, 0.05) is 11.7 Å². The summed E-state index contributed by atoms with van der Waals surface area (Å²) < 4.78 is 1.18. The fraction of sp³-hybridized carbons (Fsp3) is 0. The molecule has 15 heavy (non-hydrogen) atoms. The zero-order valence-electron chi connectivity index (χ0n) is 7.40. The maximum absolute atomic E-state index is 10.8. The molecule has 0 aliphatic heterocycles. The van der Waals surface area contributed by atoms with Gasteiger partial charge in [0.25, 0.3) is 0 Å². The molecule has 0 atom stereocenters. The van der Waals surface area contributed by atoms with E-state index in [4.69, 9.17) is 15.2 Å². The van der Waals surface area contributed by atoms with Crippen LogP contribution in [0.3, 0.4) is 0 Å². The number of fused-ring (bicyclic) bond motifs is 1. The molecule has 7 nitrogen and oxygen atoms in total. The second kappa shape index (κ2) is 3.33. The molecular weight excluding hydrogens is 201 g/mol. The van der Waals surface area contributed by atoms with Crippen molar-refractivity contribution in [2.45, 2.75) is 0 Å². The van der Waals surface area contributed by atoms with Crippen molar-refractivity contribution in [1.82, 2.24) is 14.6 Å². The van der Waals surface area contributed by atoms with Crippen LogP contribution in [0.15, 0.2) is 18.6 Å². The molecule has 0 saturated heterocycles. The minimum atomic E-state index is -1.74. The molecule has 0 unspecified atom stereocenters. The van der Waals surface area contributed by atoms with Crippen LogP contribution in [0.25, 0.3) is 5.65 Å². The Labute approximate surface area is 83.8 Å². The minimum Gasteiger partial charge on any atom is -0.478 e. The fourth-order valence-corrected chi connectivity index (χ4v) is 1.25. The molecule has 0 saturated carbocycles. The lowest BCUT2D eigenvalue weighted by atomic mass is 9.81. The number of pyridine rings is 1. The minimum absolute atomic E-state index is 0.0467. The first kappa shape index (κ1) is 9.62. The molecule has 2 heterocycles. The summed E-state index contributed by atoms with van der Waals surface area (Å²) >= 11 is 0. The van der Waals surface area contributed by atoms with Crippen LogP contribution in [0.4, 0.5) is 0 Å². The van der Waals surface area contributed by atoms with Crippen LogP contribution in [-0.2, 0) is 0 Å². The van der Waals surface area contributed by atoms with E-state index < -0.39 is 13.1 Å². The maximum Gasteiger partial charge on any atom is 0.490 e. The molecule has 0 fully saturated rings. The largest absolute Gasteiger partial charge is 0.490 e. The number of carboxylic acid groups (broad SMARTS) is 1. The van der Waals surface area contributed by atoms with E-state index in [-0.39, 0.29) is 16.7 Å². The summed E-state index contributed by atoms with van der Waals surface area (Å²) in [6, 6.07) is 1.15. The summed E-state index contributed by atoms with van der Waals surface area (Å²) in [5, 5.41) is 30.4. The third-order valence-corrected chi connectivity index (χ3v) is 1.92. The lowest BCUT2D eigenvalue weighted by Crippen LogP contribution is -2.31. The van der Waals surface area contributed by atoms with E-state index in [0.717, 1.165) is 6.07 Å². The van der Waals surface area contributed by atoms with Crippen LogP contribution >= 0.6 is 0 Å². The maximum atomic E-state index is 10.8. The summed E-state index contributed by atoms with van der Waals surface area (Å²) in [6.45, 7) is 0. The Hall–Kier alpha value is -1.93. The Bertz CT molecular complexity index is 524. The predicted molar refractivity (Wildman–Crippen MR) is 49.8 cm³/mol. The number of hydrogen-bond donors (Lipinski definition) is 3. The van der Waals surface area contributed by atoms with E-state index in [1.165, 1.54) is 17.0 Å². The third kappa shape index (κ3) is 1.56. The number of hydrogen-bond acceptors (Lipinski definition) is 5. The SMILES string of the molecule is O=C(O)c1cc(B(O)O)cn2ncnc12. The van der Waals surface area contributed by atoms with Crippen molar-refractivity contribution in [2.24, 2.45) is 0 Å². The van der Waals surface area contributed by atoms with Crippen LogP contribution in [0.1, 0.15) is 10.4 Å².